The van der Waals surface area contributed by atoms with Crippen molar-refractivity contribution >= 4 is 32.8 Å². The molecule has 10 nitrogen and oxygen atoms in total. The Morgan fingerprint density at radius 1 is 1.02 bits per heavy atom. The van der Waals surface area contributed by atoms with Gasteiger partial charge >= 0.3 is 0 Å². The molecule has 1 aliphatic rings. The summed E-state index contributed by atoms with van der Waals surface area (Å²) in [6.07, 6.45) is 7.48. The molecule has 3 aromatic heterocycles. The molecule has 0 aliphatic heterocycles. The van der Waals surface area contributed by atoms with Gasteiger partial charge in [0.05, 0.1) is 5.75 Å². The van der Waals surface area contributed by atoms with Crippen LogP contribution in [0.15, 0.2) is 59.7 Å². The van der Waals surface area contributed by atoms with Crippen LogP contribution in [0.3, 0.4) is 0 Å². The Kier molecular flexibility index (Phi) is 8.55. The summed E-state index contributed by atoms with van der Waals surface area (Å²) in [5, 5.41) is 4.18. The van der Waals surface area contributed by atoms with Crippen LogP contribution in [0, 0.1) is 5.82 Å². The summed E-state index contributed by atoms with van der Waals surface area (Å²) in [5.41, 5.74) is 1.73. The van der Waals surface area contributed by atoms with Gasteiger partial charge in [-0.1, -0.05) is 12.1 Å². The average molecular weight is 594 g/mol. The highest BCUT2D eigenvalue weighted by Gasteiger charge is 2.23. The van der Waals surface area contributed by atoms with Crippen LogP contribution in [-0.2, 0) is 15.8 Å². The molecule has 0 saturated heterocycles. The number of hydrogen-bond donors (Lipinski definition) is 2. The minimum Gasteiger partial charge on any atom is -0.351 e. The van der Waals surface area contributed by atoms with Gasteiger partial charge in [-0.05, 0) is 89.5 Å². The van der Waals surface area contributed by atoms with E-state index in [9.17, 15) is 17.6 Å². The molecule has 0 radical (unpaired) electrons. The number of nitrogens with zero attached hydrogens (tertiary/aromatic N) is 5. The fourth-order valence-electron chi connectivity index (χ4n) is 5.40. The number of nitrogens with one attached hydrogen (secondary N) is 2. The van der Waals surface area contributed by atoms with Crippen LogP contribution < -0.4 is 15.6 Å². The fraction of sp³-hybridized carbons (Fsp3) is 0.400. The van der Waals surface area contributed by atoms with Crippen LogP contribution in [0.4, 0.5) is 16.2 Å². The van der Waals surface area contributed by atoms with Crippen molar-refractivity contribution in [3.8, 4) is 11.1 Å². The topological polar surface area (TPSA) is 122 Å². The molecule has 42 heavy (non-hydrogen) atoms. The second kappa shape index (κ2) is 12.1. The number of benzene rings is 1. The normalized spacial score (nSPS) is 17.6. The maximum Gasteiger partial charge on any atom is 0.260 e. The molecule has 1 saturated carbocycles. The molecule has 0 spiro atoms. The number of halogens is 1. The van der Waals surface area contributed by atoms with Crippen molar-refractivity contribution in [1.29, 1.82) is 0 Å². The summed E-state index contributed by atoms with van der Waals surface area (Å²) in [6, 6.07) is 10.9. The molecule has 1 fully saturated rings. The number of rotatable bonds is 9. The van der Waals surface area contributed by atoms with Crippen LogP contribution in [0.25, 0.3) is 22.2 Å². The first kappa shape index (κ1) is 29.6. The lowest BCUT2D eigenvalue weighted by Crippen LogP contribution is -2.36. The Bertz CT molecular complexity index is 1720. The van der Waals surface area contributed by atoms with E-state index in [-0.39, 0.29) is 29.2 Å². The molecule has 3 heterocycles. The van der Waals surface area contributed by atoms with E-state index in [2.05, 4.69) is 39.0 Å². The zero-order valence-corrected chi connectivity index (χ0v) is 25.0. The van der Waals surface area contributed by atoms with Crippen molar-refractivity contribution in [2.24, 2.45) is 0 Å². The van der Waals surface area contributed by atoms with Crippen LogP contribution in [-0.4, -0.2) is 59.0 Å². The molecule has 0 bridgehead atoms. The van der Waals surface area contributed by atoms with Gasteiger partial charge in [0.1, 0.15) is 17.3 Å². The molecule has 222 valence electrons. The molecule has 1 aromatic carbocycles. The van der Waals surface area contributed by atoms with E-state index in [1.165, 1.54) is 36.5 Å². The Hall–Kier alpha value is -3.90. The maximum atomic E-state index is 13.7. The van der Waals surface area contributed by atoms with E-state index >= 15 is 0 Å². The van der Waals surface area contributed by atoms with E-state index in [4.69, 9.17) is 4.98 Å². The van der Waals surface area contributed by atoms with Crippen LogP contribution >= 0.6 is 0 Å². The van der Waals surface area contributed by atoms with Gasteiger partial charge in [0, 0.05) is 47.0 Å². The third-order valence-corrected chi connectivity index (χ3v) is 8.89. The van der Waals surface area contributed by atoms with Crippen LogP contribution in [0.1, 0.15) is 51.1 Å². The lowest BCUT2D eigenvalue weighted by atomic mass is 9.91. The summed E-state index contributed by atoms with van der Waals surface area (Å²) in [5.74, 6) is -0.136. The van der Waals surface area contributed by atoms with E-state index in [1.807, 2.05) is 13.8 Å². The van der Waals surface area contributed by atoms with E-state index in [1.54, 1.807) is 22.9 Å². The molecule has 1 aliphatic carbocycles. The Balaban J connectivity index is 1.37. The summed E-state index contributed by atoms with van der Waals surface area (Å²) >= 11 is 0. The summed E-state index contributed by atoms with van der Waals surface area (Å²) in [4.78, 5) is 29.5. The monoisotopic (exact) mass is 593 g/mol. The first-order chi connectivity index (χ1) is 20.0. The largest absolute Gasteiger partial charge is 0.351 e. The number of anilines is 2. The second-order valence-corrected chi connectivity index (χ2v) is 13.1. The van der Waals surface area contributed by atoms with Crippen LogP contribution in [0.2, 0.25) is 0 Å². The lowest BCUT2D eigenvalue weighted by molar-refractivity contribution is 0.221. The molecule has 4 aromatic rings. The summed E-state index contributed by atoms with van der Waals surface area (Å²) in [7, 11) is 0.458. The third kappa shape index (κ3) is 6.76. The van der Waals surface area contributed by atoms with Gasteiger partial charge in [-0.15, -0.1) is 0 Å². The Labute approximate surface area is 245 Å². The molecular weight excluding hydrogens is 557 g/mol. The molecular formula is C30H36FN7O3S. The van der Waals surface area contributed by atoms with Crippen molar-refractivity contribution in [3.63, 3.8) is 0 Å². The van der Waals surface area contributed by atoms with Crippen LogP contribution in [0.5, 0.6) is 0 Å². The lowest BCUT2D eigenvalue weighted by Gasteiger charge is -2.33. The molecule has 0 atom stereocenters. The minimum absolute atomic E-state index is 0.115. The molecule has 0 amide bonds. The second-order valence-electron chi connectivity index (χ2n) is 11.3. The van der Waals surface area contributed by atoms with Gasteiger partial charge in [0.15, 0.2) is 0 Å². The average Bonchev–Trinajstić information content (AvgIpc) is 2.94. The highest BCUT2D eigenvalue weighted by atomic mass is 32.2. The van der Waals surface area contributed by atoms with Gasteiger partial charge in [-0.3, -0.25) is 14.1 Å². The van der Waals surface area contributed by atoms with Gasteiger partial charge in [-0.25, -0.2) is 22.8 Å². The SMILES string of the molecule is CC(C)n1c(=O)c(-c2ccc(NS(=O)(=O)Cc3ccc(F)cc3)nc2)cc2cnc(NC3CCC(N(C)C)CC3)nc21. The number of pyridine rings is 2. The van der Waals surface area contributed by atoms with Gasteiger partial charge in [0.25, 0.3) is 5.56 Å². The zero-order valence-electron chi connectivity index (χ0n) is 24.2. The quantitative estimate of drug-likeness (QED) is 0.284. The highest BCUT2D eigenvalue weighted by molar-refractivity contribution is 7.91. The maximum absolute atomic E-state index is 13.7. The first-order valence-electron chi connectivity index (χ1n) is 14.1. The standard InChI is InChI=1S/C30H36FN7O3S/c1-19(2)38-28-22(17-33-30(35-28)34-24-10-12-25(13-11-24)37(3)4)15-26(29(38)39)21-7-14-27(32-16-21)36-42(40,41)18-20-5-8-23(31)9-6-20/h5-9,14-17,19,24-25H,10-13,18H2,1-4H3,(H,32,36)(H,33,34,35). The first-order valence-corrected chi connectivity index (χ1v) is 15.7. The number of sulfonamides is 1. The summed E-state index contributed by atoms with van der Waals surface area (Å²) in [6.45, 7) is 3.86. The highest BCUT2D eigenvalue weighted by Crippen LogP contribution is 2.26. The molecule has 0 unspecified atom stereocenters. The zero-order chi connectivity index (χ0) is 30.0. The fourth-order valence-corrected chi connectivity index (χ4v) is 6.55. The number of aromatic nitrogens is 4. The minimum atomic E-state index is -3.78. The van der Waals surface area contributed by atoms with E-state index in [0.29, 0.717) is 39.7 Å². The smallest absolute Gasteiger partial charge is 0.260 e. The van der Waals surface area contributed by atoms with Crippen molar-refractivity contribution in [1.82, 2.24) is 24.4 Å². The molecule has 12 heteroatoms. The van der Waals surface area contributed by atoms with Gasteiger partial charge < -0.3 is 10.2 Å². The van der Waals surface area contributed by atoms with Crippen molar-refractivity contribution in [2.75, 3.05) is 24.1 Å². The molecule has 5 rings (SSSR count). The Morgan fingerprint density at radius 3 is 2.36 bits per heavy atom. The third-order valence-electron chi connectivity index (χ3n) is 7.65. The molecule has 2 N–H and O–H groups in total. The summed E-state index contributed by atoms with van der Waals surface area (Å²) < 4.78 is 42.5. The number of fused-ring (bicyclic) bond motifs is 1. The van der Waals surface area contributed by atoms with E-state index < -0.39 is 15.8 Å². The van der Waals surface area contributed by atoms with E-state index in [0.717, 1.165) is 25.7 Å². The Morgan fingerprint density at radius 2 is 1.74 bits per heavy atom. The predicted molar refractivity (Wildman–Crippen MR) is 163 cm³/mol. The predicted octanol–water partition coefficient (Wildman–Crippen LogP) is 4.80. The van der Waals surface area contributed by atoms with Crippen molar-refractivity contribution in [3.05, 3.63) is 76.6 Å². The van der Waals surface area contributed by atoms with Gasteiger partial charge in [-0.2, -0.15) is 4.98 Å². The van der Waals surface area contributed by atoms with Gasteiger partial charge in [0.2, 0.25) is 16.0 Å². The van der Waals surface area contributed by atoms with Crippen molar-refractivity contribution < 1.29 is 12.8 Å². The van der Waals surface area contributed by atoms with Crippen molar-refractivity contribution in [2.45, 2.75) is 63.4 Å². The number of hydrogen-bond acceptors (Lipinski definition) is 8.